The summed E-state index contributed by atoms with van der Waals surface area (Å²) in [6, 6.07) is 4.41. The van der Waals surface area contributed by atoms with E-state index in [9.17, 15) is 9.18 Å². The van der Waals surface area contributed by atoms with E-state index in [1.165, 1.54) is 23.9 Å². The summed E-state index contributed by atoms with van der Waals surface area (Å²) in [5, 5.41) is 3.03. The van der Waals surface area contributed by atoms with Crippen LogP contribution in [0.3, 0.4) is 0 Å². The lowest BCUT2D eigenvalue weighted by molar-refractivity contribution is -0.102. The average molecular weight is 411 g/mol. The van der Waals surface area contributed by atoms with Crippen molar-refractivity contribution >= 4 is 28.7 Å². The first-order valence-electron chi connectivity index (χ1n) is 9.03. The van der Waals surface area contributed by atoms with Crippen LogP contribution < -0.4 is 11.1 Å². The molecule has 28 heavy (non-hydrogen) atoms. The Bertz CT molecular complexity index is 783. The predicted molar refractivity (Wildman–Crippen MR) is 107 cm³/mol. The highest BCUT2D eigenvalue weighted by Crippen LogP contribution is 2.46. The highest BCUT2D eigenvalue weighted by Gasteiger charge is 2.52. The van der Waals surface area contributed by atoms with Gasteiger partial charge < -0.3 is 19.9 Å². The number of benzene rings is 1. The van der Waals surface area contributed by atoms with Crippen LogP contribution in [0.5, 0.6) is 0 Å². The van der Waals surface area contributed by atoms with Crippen molar-refractivity contribution in [2.45, 2.75) is 38.0 Å². The van der Waals surface area contributed by atoms with Gasteiger partial charge in [-0.1, -0.05) is 11.8 Å². The zero-order chi connectivity index (χ0) is 20.5. The van der Waals surface area contributed by atoms with Crippen LogP contribution in [0.1, 0.15) is 26.3 Å². The van der Waals surface area contributed by atoms with Crippen LogP contribution in [-0.2, 0) is 19.7 Å². The summed E-state index contributed by atoms with van der Waals surface area (Å²) in [5.41, 5.74) is 5.00. The molecule has 0 radical (unpaired) electrons. The number of ether oxygens (including phenoxy) is 3. The number of nitrogens with one attached hydrogen (secondary N) is 1. The number of methoxy groups -OCH3 is 1. The van der Waals surface area contributed by atoms with Crippen LogP contribution in [0.4, 0.5) is 14.9 Å². The lowest BCUT2D eigenvalue weighted by Crippen LogP contribution is -2.55. The van der Waals surface area contributed by atoms with Gasteiger partial charge in [0.05, 0.1) is 19.3 Å². The molecule has 3 N–H and O–H groups in total. The molecular weight excluding hydrogens is 385 g/mol. The highest BCUT2D eigenvalue weighted by molar-refractivity contribution is 8.13. The van der Waals surface area contributed by atoms with Gasteiger partial charge in [0.25, 0.3) is 0 Å². The second-order valence-electron chi connectivity index (χ2n) is 7.91. The molecule has 1 aromatic rings. The third-order valence-electron chi connectivity index (χ3n) is 4.73. The molecule has 2 aliphatic rings. The number of nitrogen functional groups attached to an aromatic ring is 1. The smallest absolute Gasteiger partial charge is 0.413 e. The molecule has 1 amide bonds. The van der Waals surface area contributed by atoms with E-state index in [4.69, 9.17) is 24.9 Å². The number of alkyl carbamates (subject to hydrolysis) is 1. The fourth-order valence-corrected chi connectivity index (χ4v) is 4.71. The fourth-order valence-electron chi connectivity index (χ4n) is 3.50. The Morgan fingerprint density at radius 2 is 2.21 bits per heavy atom. The van der Waals surface area contributed by atoms with Crippen LogP contribution in [0.25, 0.3) is 0 Å². The standard InChI is InChI=1S/C19H26FN3O4S/c1-18(2,3)27-17(24)22-16-23-19(12-7-11(21)5-6-14(12)20)10-26-8-15(25-4)13(19)9-28-16/h5-7,13,15H,8-10,21H2,1-4H3,(H,22,23,24)/t13?,15-,19+/m0/s1. The molecule has 0 aliphatic carbocycles. The Kier molecular flexibility index (Phi) is 5.88. The molecule has 1 unspecified atom stereocenters. The molecule has 2 aliphatic heterocycles. The molecule has 0 spiro atoms. The number of nitrogens with zero attached hydrogens (tertiary/aromatic N) is 1. The number of hydrogen-bond donors (Lipinski definition) is 2. The summed E-state index contributed by atoms with van der Waals surface area (Å²) in [6.45, 7) is 5.90. The van der Waals surface area contributed by atoms with E-state index in [1.54, 1.807) is 33.9 Å². The van der Waals surface area contributed by atoms with Crippen molar-refractivity contribution in [1.82, 2.24) is 5.32 Å². The van der Waals surface area contributed by atoms with Crippen molar-refractivity contribution in [2.75, 3.05) is 31.8 Å². The lowest BCUT2D eigenvalue weighted by Gasteiger charge is -2.47. The van der Waals surface area contributed by atoms with Gasteiger partial charge in [0.1, 0.15) is 17.0 Å². The van der Waals surface area contributed by atoms with E-state index in [1.807, 2.05) is 0 Å². The molecule has 0 aromatic heterocycles. The number of thioether (sulfide) groups is 1. The third kappa shape index (κ3) is 4.26. The zero-order valence-electron chi connectivity index (χ0n) is 16.5. The first-order valence-corrected chi connectivity index (χ1v) is 10.0. The summed E-state index contributed by atoms with van der Waals surface area (Å²) in [6.07, 6.45) is -0.866. The molecule has 9 heteroatoms. The fraction of sp³-hybridized carbons (Fsp3) is 0.579. The number of rotatable bonds is 2. The maximum atomic E-state index is 14.8. The molecule has 1 fully saturated rings. The number of fused-ring (bicyclic) bond motifs is 1. The second-order valence-corrected chi connectivity index (χ2v) is 8.92. The molecule has 0 saturated carbocycles. The number of carbonyl (C=O) groups excluding carboxylic acids is 1. The summed E-state index contributed by atoms with van der Waals surface area (Å²) >= 11 is 1.37. The topological polar surface area (TPSA) is 95.2 Å². The lowest BCUT2D eigenvalue weighted by atomic mass is 9.75. The van der Waals surface area contributed by atoms with E-state index in [0.29, 0.717) is 28.8 Å². The van der Waals surface area contributed by atoms with Crippen molar-refractivity contribution in [3.8, 4) is 0 Å². The van der Waals surface area contributed by atoms with E-state index in [0.717, 1.165) is 0 Å². The van der Waals surface area contributed by atoms with E-state index < -0.39 is 23.1 Å². The molecular formula is C19H26FN3O4S. The van der Waals surface area contributed by atoms with Crippen molar-refractivity contribution in [2.24, 2.45) is 10.9 Å². The SMILES string of the molecule is CO[C@H]1COC[C@]2(c3cc(N)ccc3F)N=C(NC(=O)OC(C)(C)C)SCC12. The van der Waals surface area contributed by atoms with Gasteiger partial charge in [0.15, 0.2) is 5.17 Å². The number of halogens is 1. The zero-order valence-corrected chi connectivity index (χ0v) is 17.3. The van der Waals surface area contributed by atoms with Gasteiger partial charge in [-0.3, -0.25) is 5.32 Å². The molecule has 3 rings (SSSR count). The van der Waals surface area contributed by atoms with Gasteiger partial charge >= 0.3 is 6.09 Å². The monoisotopic (exact) mass is 411 g/mol. The second kappa shape index (κ2) is 7.88. The van der Waals surface area contributed by atoms with Crippen molar-refractivity contribution < 1.29 is 23.4 Å². The van der Waals surface area contributed by atoms with Crippen LogP contribution >= 0.6 is 11.8 Å². The van der Waals surface area contributed by atoms with E-state index in [2.05, 4.69) is 5.32 Å². The van der Waals surface area contributed by atoms with E-state index >= 15 is 0 Å². The first-order chi connectivity index (χ1) is 13.1. The van der Waals surface area contributed by atoms with Crippen LogP contribution in [0, 0.1) is 11.7 Å². The highest BCUT2D eigenvalue weighted by atomic mass is 32.2. The number of amides is 1. The minimum Gasteiger partial charge on any atom is -0.444 e. The molecule has 3 atom stereocenters. The van der Waals surface area contributed by atoms with Crippen molar-refractivity contribution in [3.05, 3.63) is 29.6 Å². The predicted octanol–water partition coefficient (Wildman–Crippen LogP) is 2.89. The average Bonchev–Trinajstić information content (AvgIpc) is 2.61. The van der Waals surface area contributed by atoms with Crippen LogP contribution in [0.2, 0.25) is 0 Å². The van der Waals surface area contributed by atoms with E-state index in [-0.39, 0.29) is 18.6 Å². The van der Waals surface area contributed by atoms with Gasteiger partial charge in [-0.2, -0.15) is 0 Å². The van der Waals surface area contributed by atoms with Crippen LogP contribution in [0.15, 0.2) is 23.2 Å². The Balaban J connectivity index is 2.01. The minimum atomic E-state index is -1.05. The minimum absolute atomic E-state index is 0.142. The first kappa shape index (κ1) is 20.9. The van der Waals surface area contributed by atoms with Gasteiger partial charge in [0, 0.05) is 30.0 Å². The number of aliphatic imine (C=N–C) groups is 1. The Labute approximate surface area is 168 Å². The van der Waals surface area contributed by atoms with Crippen molar-refractivity contribution in [1.29, 1.82) is 0 Å². The Hall–Kier alpha value is -1.84. The van der Waals surface area contributed by atoms with Gasteiger partial charge in [0.2, 0.25) is 0 Å². The Morgan fingerprint density at radius 3 is 2.89 bits per heavy atom. The quantitative estimate of drug-likeness (QED) is 0.727. The number of anilines is 1. The molecule has 154 valence electrons. The van der Waals surface area contributed by atoms with Crippen molar-refractivity contribution in [3.63, 3.8) is 0 Å². The van der Waals surface area contributed by atoms with Gasteiger partial charge in [-0.25, -0.2) is 14.2 Å². The number of nitrogens with two attached hydrogens (primary N) is 1. The number of hydrogen-bond acceptors (Lipinski definition) is 7. The molecule has 1 aromatic carbocycles. The summed E-state index contributed by atoms with van der Waals surface area (Å²) in [4.78, 5) is 16.9. The van der Waals surface area contributed by atoms with Gasteiger partial charge in [-0.15, -0.1) is 0 Å². The molecule has 0 bridgehead atoms. The summed E-state index contributed by atoms with van der Waals surface area (Å²) in [5.74, 6) is 0.00799. The maximum Gasteiger partial charge on any atom is 0.413 e. The summed E-state index contributed by atoms with van der Waals surface area (Å²) < 4.78 is 31.5. The molecule has 1 saturated heterocycles. The summed E-state index contributed by atoms with van der Waals surface area (Å²) in [7, 11) is 1.60. The normalized spacial score (nSPS) is 27.5. The van der Waals surface area contributed by atoms with Gasteiger partial charge in [-0.05, 0) is 39.0 Å². The number of carbonyl (C=O) groups is 1. The third-order valence-corrected chi connectivity index (χ3v) is 5.73. The van der Waals surface area contributed by atoms with Crippen LogP contribution in [-0.4, -0.2) is 49.0 Å². The maximum absolute atomic E-state index is 14.8. The largest absolute Gasteiger partial charge is 0.444 e. The molecule has 7 nitrogen and oxygen atoms in total. The number of amidine groups is 1. The molecule has 2 heterocycles. The Morgan fingerprint density at radius 1 is 1.46 bits per heavy atom.